The van der Waals surface area contributed by atoms with Crippen LogP contribution in [0.15, 0.2) is 41.9 Å². The van der Waals surface area contributed by atoms with E-state index in [9.17, 15) is 4.79 Å². The summed E-state index contributed by atoms with van der Waals surface area (Å²) in [5, 5.41) is 9.38. The molecule has 2 aromatic heterocycles. The van der Waals surface area contributed by atoms with Crippen LogP contribution in [0.25, 0.3) is 0 Å². The van der Waals surface area contributed by atoms with Crippen LogP contribution in [0.5, 0.6) is 5.75 Å². The fraction of sp³-hybridized carbons (Fsp3) is 0.333. The molecule has 1 unspecified atom stereocenters. The second-order valence-corrected chi connectivity index (χ2v) is 7.53. The number of carbonyl (C=O) groups excluding carboxylic acids is 1. The van der Waals surface area contributed by atoms with Crippen LogP contribution in [0, 0.1) is 13.8 Å². The van der Waals surface area contributed by atoms with Crippen LogP contribution in [0.1, 0.15) is 51.9 Å². The predicted molar refractivity (Wildman–Crippen MR) is 108 cm³/mol. The number of aromatic nitrogens is 2. The summed E-state index contributed by atoms with van der Waals surface area (Å²) in [6.45, 7) is 9.37. The Hall–Kier alpha value is -2.60. The van der Waals surface area contributed by atoms with Crippen molar-refractivity contribution in [3.63, 3.8) is 0 Å². The molecule has 0 spiro atoms. The maximum absolute atomic E-state index is 12.6. The Labute approximate surface area is 164 Å². The normalized spacial score (nSPS) is 12.0. The first-order chi connectivity index (χ1) is 13.0. The molecular weight excluding hydrogens is 358 g/mol. The lowest BCUT2D eigenvalue weighted by atomic mass is 10.1. The molecule has 0 bridgehead atoms. The number of carbonyl (C=O) groups is 1. The highest BCUT2D eigenvalue weighted by Crippen LogP contribution is 2.21. The van der Waals surface area contributed by atoms with Crippen molar-refractivity contribution in [2.75, 3.05) is 0 Å². The number of benzene rings is 1. The van der Waals surface area contributed by atoms with Crippen molar-refractivity contribution < 1.29 is 9.53 Å². The van der Waals surface area contributed by atoms with Gasteiger partial charge in [0, 0.05) is 23.4 Å². The van der Waals surface area contributed by atoms with Crippen molar-refractivity contribution in [3.05, 3.63) is 69.2 Å². The zero-order valence-electron chi connectivity index (χ0n) is 16.2. The van der Waals surface area contributed by atoms with Gasteiger partial charge in [-0.2, -0.15) is 5.10 Å². The number of rotatable bonds is 7. The van der Waals surface area contributed by atoms with Crippen LogP contribution in [-0.2, 0) is 13.2 Å². The lowest BCUT2D eigenvalue weighted by molar-refractivity contribution is 0.0944. The number of ether oxygens (including phenoxy) is 1. The molecule has 0 aliphatic heterocycles. The number of nitrogens with one attached hydrogen (secondary N) is 1. The van der Waals surface area contributed by atoms with Gasteiger partial charge in [-0.3, -0.25) is 9.48 Å². The first kappa shape index (κ1) is 19.2. The van der Waals surface area contributed by atoms with Gasteiger partial charge in [0.15, 0.2) is 0 Å². The van der Waals surface area contributed by atoms with Gasteiger partial charge in [0.05, 0.1) is 17.1 Å². The lowest BCUT2D eigenvalue weighted by Gasteiger charge is -2.13. The van der Waals surface area contributed by atoms with Crippen molar-refractivity contribution in [2.45, 2.75) is 46.9 Å². The van der Waals surface area contributed by atoms with Crippen LogP contribution in [0.3, 0.4) is 0 Å². The number of amides is 1. The predicted octanol–water partition coefficient (Wildman–Crippen LogP) is 4.65. The SMILES string of the molecule is CCn1ncc(C(C)NC(=O)c2cc(COc3cccc(C)c3)cs2)c1C. The first-order valence-corrected chi connectivity index (χ1v) is 9.96. The Bertz CT molecular complexity index is 929. The van der Waals surface area contributed by atoms with Crippen molar-refractivity contribution in [2.24, 2.45) is 0 Å². The zero-order chi connectivity index (χ0) is 19.4. The summed E-state index contributed by atoms with van der Waals surface area (Å²) in [5.41, 5.74) is 4.29. The van der Waals surface area contributed by atoms with Crippen molar-refractivity contribution in [1.29, 1.82) is 0 Å². The van der Waals surface area contributed by atoms with E-state index in [4.69, 9.17) is 4.74 Å². The van der Waals surface area contributed by atoms with Crippen molar-refractivity contribution in [3.8, 4) is 5.75 Å². The molecule has 0 aliphatic carbocycles. The van der Waals surface area contributed by atoms with Crippen LogP contribution in [-0.4, -0.2) is 15.7 Å². The molecule has 3 rings (SSSR count). The molecule has 0 fully saturated rings. The average Bonchev–Trinajstić information content (AvgIpc) is 3.26. The molecule has 0 saturated heterocycles. The van der Waals surface area contributed by atoms with Gasteiger partial charge in [-0.15, -0.1) is 11.3 Å². The molecule has 5 nitrogen and oxygen atoms in total. The molecule has 1 N–H and O–H groups in total. The number of thiophene rings is 1. The second-order valence-electron chi connectivity index (χ2n) is 6.62. The van der Waals surface area contributed by atoms with Gasteiger partial charge in [-0.25, -0.2) is 0 Å². The fourth-order valence-electron chi connectivity index (χ4n) is 2.99. The summed E-state index contributed by atoms with van der Waals surface area (Å²) in [7, 11) is 0. The lowest BCUT2D eigenvalue weighted by Crippen LogP contribution is -2.26. The van der Waals surface area contributed by atoms with E-state index in [-0.39, 0.29) is 11.9 Å². The molecule has 142 valence electrons. The number of hydrogen-bond donors (Lipinski definition) is 1. The second kappa shape index (κ2) is 8.39. The molecule has 6 heteroatoms. The van der Waals surface area contributed by atoms with Gasteiger partial charge < -0.3 is 10.1 Å². The van der Waals surface area contributed by atoms with Gasteiger partial charge in [-0.05, 0) is 56.8 Å². The maximum atomic E-state index is 12.6. The summed E-state index contributed by atoms with van der Waals surface area (Å²) < 4.78 is 7.75. The third-order valence-corrected chi connectivity index (χ3v) is 5.51. The van der Waals surface area contributed by atoms with E-state index in [1.165, 1.54) is 11.3 Å². The van der Waals surface area contributed by atoms with E-state index in [1.807, 2.05) is 67.4 Å². The molecule has 1 atom stereocenters. The van der Waals surface area contributed by atoms with Crippen LogP contribution >= 0.6 is 11.3 Å². The molecule has 0 radical (unpaired) electrons. The van der Waals surface area contributed by atoms with Gasteiger partial charge in [0.2, 0.25) is 0 Å². The topological polar surface area (TPSA) is 56.2 Å². The van der Waals surface area contributed by atoms with Crippen LogP contribution in [0.2, 0.25) is 0 Å². The van der Waals surface area contributed by atoms with Gasteiger partial charge >= 0.3 is 0 Å². The standard InChI is InChI=1S/C21H25N3O2S/c1-5-24-16(4)19(11-22-24)15(3)23-21(25)20-10-17(13-27-20)12-26-18-8-6-7-14(2)9-18/h6-11,13,15H,5,12H2,1-4H3,(H,23,25). The molecule has 0 aliphatic rings. The van der Waals surface area contributed by atoms with E-state index >= 15 is 0 Å². The van der Waals surface area contributed by atoms with Gasteiger partial charge in [0.25, 0.3) is 5.91 Å². The molecule has 27 heavy (non-hydrogen) atoms. The number of aryl methyl sites for hydroxylation is 2. The molecule has 0 saturated carbocycles. The third-order valence-electron chi connectivity index (χ3n) is 4.53. The monoisotopic (exact) mass is 383 g/mol. The van der Waals surface area contributed by atoms with E-state index in [1.54, 1.807) is 0 Å². The maximum Gasteiger partial charge on any atom is 0.261 e. The highest BCUT2D eigenvalue weighted by atomic mass is 32.1. The molecule has 3 aromatic rings. The van der Waals surface area contributed by atoms with Crippen LogP contribution < -0.4 is 10.1 Å². The summed E-state index contributed by atoms with van der Waals surface area (Å²) in [5.74, 6) is 0.766. The molecule has 1 amide bonds. The average molecular weight is 384 g/mol. The third kappa shape index (κ3) is 4.57. The van der Waals surface area contributed by atoms with E-state index in [0.29, 0.717) is 11.5 Å². The minimum absolute atomic E-state index is 0.0713. The summed E-state index contributed by atoms with van der Waals surface area (Å²) >= 11 is 1.43. The Morgan fingerprint density at radius 1 is 1.33 bits per heavy atom. The molecular formula is C21H25N3O2S. The Balaban J connectivity index is 1.60. The number of hydrogen-bond acceptors (Lipinski definition) is 4. The zero-order valence-corrected chi connectivity index (χ0v) is 17.0. The first-order valence-electron chi connectivity index (χ1n) is 9.08. The minimum Gasteiger partial charge on any atom is -0.489 e. The summed E-state index contributed by atoms with van der Waals surface area (Å²) in [6, 6.07) is 9.75. The molecule has 1 aromatic carbocycles. The Morgan fingerprint density at radius 2 is 2.15 bits per heavy atom. The number of nitrogens with zero attached hydrogens (tertiary/aromatic N) is 2. The van der Waals surface area contributed by atoms with Crippen molar-refractivity contribution in [1.82, 2.24) is 15.1 Å². The highest BCUT2D eigenvalue weighted by Gasteiger charge is 2.17. The smallest absolute Gasteiger partial charge is 0.261 e. The minimum atomic E-state index is -0.0908. The fourth-order valence-corrected chi connectivity index (χ4v) is 3.79. The van der Waals surface area contributed by atoms with E-state index in [2.05, 4.69) is 17.3 Å². The quantitative estimate of drug-likeness (QED) is 0.646. The Morgan fingerprint density at radius 3 is 2.85 bits per heavy atom. The van der Waals surface area contributed by atoms with Crippen LogP contribution in [0.4, 0.5) is 0 Å². The Kier molecular flexibility index (Phi) is 5.96. The van der Waals surface area contributed by atoms with Crippen molar-refractivity contribution >= 4 is 17.2 Å². The summed E-state index contributed by atoms with van der Waals surface area (Å²) in [6.07, 6.45) is 1.83. The largest absolute Gasteiger partial charge is 0.489 e. The van der Waals surface area contributed by atoms with E-state index < -0.39 is 0 Å². The van der Waals surface area contributed by atoms with Gasteiger partial charge in [-0.1, -0.05) is 12.1 Å². The van der Waals surface area contributed by atoms with Gasteiger partial charge in [0.1, 0.15) is 12.4 Å². The highest BCUT2D eigenvalue weighted by molar-refractivity contribution is 7.12. The van der Waals surface area contributed by atoms with E-state index in [0.717, 1.165) is 34.7 Å². The molecule has 2 heterocycles. The summed E-state index contributed by atoms with van der Waals surface area (Å²) in [4.78, 5) is 13.3.